The minimum Gasteiger partial charge on any atom is -0.276 e. The van der Waals surface area contributed by atoms with Gasteiger partial charge in [0, 0.05) is 21.8 Å². The van der Waals surface area contributed by atoms with E-state index >= 15 is 0 Å². The number of rotatable bonds is 3. The third-order valence-electron chi connectivity index (χ3n) is 8.20. The zero-order chi connectivity index (χ0) is 27.3. The number of para-hydroxylation sites is 1. The third-order valence-corrected chi connectivity index (χ3v) is 8.20. The molecule has 0 saturated heterocycles. The maximum atomic E-state index is 14.2. The molecule has 2 nitrogen and oxygen atoms in total. The number of nitrogens with zero attached hydrogens (tertiary/aromatic N) is 1. The van der Waals surface area contributed by atoms with Crippen molar-refractivity contribution in [3.05, 3.63) is 162 Å². The van der Waals surface area contributed by atoms with Crippen molar-refractivity contribution in [3.63, 3.8) is 0 Å². The quantitative estimate of drug-likeness (QED) is 0.211. The first-order valence-electron chi connectivity index (χ1n) is 13.9. The Labute approximate surface area is 237 Å². The van der Waals surface area contributed by atoms with Gasteiger partial charge in [-0.1, -0.05) is 121 Å². The van der Waals surface area contributed by atoms with E-state index in [0.29, 0.717) is 5.39 Å². The molecular formula is C39H25NO. The number of pyridine rings is 1. The van der Waals surface area contributed by atoms with Gasteiger partial charge in [-0.15, -0.1) is 0 Å². The molecule has 7 aromatic carbocycles. The molecule has 0 bridgehead atoms. The van der Waals surface area contributed by atoms with Crippen molar-refractivity contribution in [1.82, 2.24) is 4.57 Å². The fourth-order valence-corrected chi connectivity index (χ4v) is 6.23. The van der Waals surface area contributed by atoms with Crippen molar-refractivity contribution < 1.29 is 0 Å². The summed E-state index contributed by atoms with van der Waals surface area (Å²) in [5.41, 5.74) is 6.19. The van der Waals surface area contributed by atoms with Crippen LogP contribution in [0.4, 0.5) is 0 Å². The Morgan fingerprint density at radius 3 is 1.85 bits per heavy atom. The topological polar surface area (TPSA) is 22.0 Å². The lowest BCUT2D eigenvalue weighted by molar-refractivity contribution is 1.06. The van der Waals surface area contributed by atoms with Gasteiger partial charge < -0.3 is 0 Å². The normalized spacial score (nSPS) is 11.5. The number of hydrogen-bond donors (Lipinski definition) is 0. The van der Waals surface area contributed by atoms with Gasteiger partial charge in [0.05, 0.1) is 5.52 Å². The summed E-state index contributed by atoms with van der Waals surface area (Å²) in [6, 6.07) is 52.4. The molecule has 0 unspecified atom stereocenters. The van der Waals surface area contributed by atoms with Crippen molar-refractivity contribution in [2.75, 3.05) is 0 Å². The Morgan fingerprint density at radius 2 is 1.02 bits per heavy atom. The van der Waals surface area contributed by atoms with Crippen LogP contribution in [0.25, 0.3) is 71.2 Å². The molecule has 0 radical (unpaired) electrons. The highest BCUT2D eigenvalue weighted by atomic mass is 16.1. The lowest BCUT2D eigenvalue weighted by atomic mass is 9.93. The Bertz CT molecular complexity index is 2310. The zero-order valence-corrected chi connectivity index (χ0v) is 22.3. The minimum absolute atomic E-state index is 0.0146. The van der Waals surface area contributed by atoms with Gasteiger partial charge in [0.25, 0.3) is 5.56 Å². The predicted octanol–water partition coefficient (Wildman–Crippen LogP) is 9.78. The Morgan fingerprint density at radius 1 is 0.415 bits per heavy atom. The van der Waals surface area contributed by atoms with E-state index in [-0.39, 0.29) is 5.56 Å². The molecule has 0 saturated carbocycles. The summed E-state index contributed by atoms with van der Waals surface area (Å²) in [7, 11) is 0. The average Bonchev–Trinajstić information content (AvgIpc) is 3.05. The first-order valence-corrected chi connectivity index (χ1v) is 13.9. The molecule has 0 aliphatic carbocycles. The van der Waals surface area contributed by atoms with Crippen molar-refractivity contribution >= 4 is 43.2 Å². The van der Waals surface area contributed by atoms with E-state index in [2.05, 4.69) is 97.1 Å². The molecular weight excluding hydrogens is 498 g/mol. The molecule has 8 aromatic rings. The van der Waals surface area contributed by atoms with Crippen LogP contribution in [0.1, 0.15) is 0 Å². The lowest BCUT2D eigenvalue weighted by Crippen LogP contribution is -2.19. The molecule has 0 aliphatic heterocycles. The van der Waals surface area contributed by atoms with Gasteiger partial charge in [0.1, 0.15) is 0 Å². The van der Waals surface area contributed by atoms with Gasteiger partial charge >= 0.3 is 0 Å². The second-order valence-corrected chi connectivity index (χ2v) is 10.5. The van der Waals surface area contributed by atoms with Crippen molar-refractivity contribution in [1.29, 1.82) is 0 Å². The van der Waals surface area contributed by atoms with Crippen molar-refractivity contribution in [2.24, 2.45) is 0 Å². The van der Waals surface area contributed by atoms with E-state index in [0.717, 1.165) is 44.2 Å². The predicted molar refractivity (Wildman–Crippen MR) is 173 cm³/mol. The van der Waals surface area contributed by atoms with E-state index in [4.69, 9.17) is 0 Å². The van der Waals surface area contributed by atoms with Crippen LogP contribution in [0.15, 0.2) is 156 Å². The van der Waals surface area contributed by atoms with Gasteiger partial charge in [-0.25, -0.2) is 0 Å². The van der Waals surface area contributed by atoms with Crippen molar-refractivity contribution in [2.45, 2.75) is 0 Å². The van der Waals surface area contributed by atoms with E-state index in [1.807, 2.05) is 59.2 Å². The molecule has 1 aromatic heterocycles. The SMILES string of the molecule is O=c1c2cccc(-c3ccc4ccc5ccccc5c4c3)c2c2ccccc2n1-c1ccc(-c2ccccc2)cc1. The molecule has 0 spiro atoms. The largest absolute Gasteiger partial charge is 0.276 e. The minimum atomic E-state index is -0.0146. The second-order valence-electron chi connectivity index (χ2n) is 10.5. The van der Waals surface area contributed by atoms with Crippen LogP contribution in [-0.4, -0.2) is 4.57 Å². The number of benzene rings is 7. The smallest absolute Gasteiger partial charge is 0.263 e. The van der Waals surface area contributed by atoms with E-state index in [9.17, 15) is 4.79 Å². The van der Waals surface area contributed by atoms with Crippen LogP contribution < -0.4 is 5.56 Å². The second kappa shape index (κ2) is 9.32. The van der Waals surface area contributed by atoms with Crippen LogP contribution >= 0.6 is 0 Å². The van der Waals surface area contributed by atoms with E-state index in [1.165, 1.54) is 21.5 Å². The summed E-state index contributed by atoms with van der Waals surface area (Å²) >= 11 is 0. The fourth-order valence-electron chi connectivity index (χ4n) is 6.23. The molecule has 0 amide bonds. The summed E-state index contributed by atoms with van der Waals surface area (Å²) in [5.74, 6) is 0. The van der Waals surface area contributed by atoms with Crippen LogP contribution in [0.5, 0.6) is 0 Å². The summed E-state index contributed by atoms with van der Waals surface area (Å²) in [6.45, 7) is 0. The first kappa shape index (κ1) is 23.4. The van der Waals surface area contributed by atoms with Crippen molar-refractivity contribution in [3.8, 4) is 27.9 Å². The van der Waals surface area contributed by atoms with Gasteiger partial charge in [-0.2, -0.15) is 0 Å². The highest BCUT2D eigenvalue weighted by molar-refractivity contribution is 6.15. The van der Waals surface area contributed by atoms with Gasteiger partial charge in [-0.05, 0) is 74.1 Å². The fraction of sp³-hybridized carbons (Fsp3) is 0. The molecule has 192 valence electrons. The molecule has 2 heteroatoms. The Kier molecular flexibility index (Phi) is 5.33. The average molecular weight is 524 g/mol. The van der Waals surface area contributed by atoms with Gasteiger partial charge in [-0.3, -0.25) is 9.36 Å². The van der Waals surface area contributed by atoms with Gasteiger partial charge in [0.15, 0.2) is 0 Å². The summed E-state index contributed by atoms with van der Waals surface area (Å²) in [5, 5.41) is 7.64. The van der Waals surface area contributed by atoms with Gasteiger partial charge in [0.2, 0.25) is 0 Å². The molecule has 0 fully saturated rings. The Balaban J connectivity index is 1.37. The summed E-state index contributed by atoms with van der Waals surface area (Å²) < 4.78 is 1.85. The molecule has 41 heavy (non-hydrogen) atoms. The van der Waals surface area contributed by atoms with Crippen LogP contribution in [0.3, 0.4) is 0 Å². The number of aromatic nitrogens is 1. The summed E-state index contributed by atoms with van der Waals surface area (Å²) in [4.78, 5) is 14.2. The zero-order valence-electron chi connectivity index (χ0n) is 22.3. The lowest BCUT2D eigenvalue weighted by Gasteiger charge is -2.16. The molecule has 1 heterocycles. The monoisotopic (exact) mass is 523 g/mol. The first-order chi connectivity index (χ1) is 20.3. The third kappa shape index (κ3) is 3.76. The highest BCUT2D eigenvalue weighted by Crippen LogP contribution is 2.36. The molecule has 0 aliphatic rings. The maximum Gasteiger partial charge on any atom is 0.263 e. The number of fused-ring (bicyclic) bond motifs is 6. The maximum absolute atomic E-state index is 14.2. The van der Waals surface area contributed by atoms with E-state index in [1.54, 1.807) is 0 Å². The Hall–Kier alpha value is -5.47. The number of hydrogen-bond acceptors (Lipinski definition) is 1. The van der Waals surface area contributed by atoms with Crippen LogP contribution in [0.2, 0.25) is 0 Å². The summed E-state index contributed by atoms with van der Waals surface area (Å²) in [6.07, 6.45) is 0. The van der Waals surface area contributed by atoms with E-state index < -0.39 is 0 Å². The standard InChI is InChI=1S/C39H25NO/c41-39-35-15-8-14-33(30-20-19-29-18-17-28-11-4-5-12-32(28)36(29)25-30)38(35)34-13-6-7-16-37(34)40(39)31-23-21-27(22-24-31)26-9-2-1-3-10-26/h1-25H. The van der Waals surface area contributed by atoms with Crippen LogP contribution in [-0.2, 0) is 0 Å². The molecule has 8 rings (SSSR count). The highest BCUT2D eigenvalue weighted by Gasteiger charge is 2.16. The van der Waals surface area contributed by atoms with Crippen LogP contribution in [0, 0.1) is 0 Å². The molecule has 0 atom stereocenters. The molecule has 0 N–H and O–H groups in total.